The van der Waals surface area contributed by atoms with Gasteiger partial charge < -0.3 is 19.4 Å². The lowest BCUT2D eigenvalue weighted by Gasteiger charge is -2.16. The van der Waals surface area contributed by atoms with E-state index < -0.39 is 5.97 Å². The lowest BCUT2D eigenvalue weighted by atomic mass is 9.88. The molecule has 4 rings (SSSR count). The number of oxime groups is 1. The monoisotopic (exact) mass is 495 g/mol. The molecular weight excluding hydrogens is 466 g/mol. The van der Waals surface area contributed by atoms with E-state index in [4.69, 9.17) is 14.3 Å². The Bertz CT molecular complexity index is 1290. The Morgan fingerprint density at radius 2 is 1.32 bits per heavy atom. The standard InChI is InChI=1S/C31H29NO5/c1-35-32-30(26-10-6-3-7-11-26)22-37-27-16-12-23(13-17-27)21-36-28-18-14-25(15-19-28)29(20-31(33)34)24-8-4-2-5-9-24/h2-19,29H,20-22H2,1H3,(H,33,34)/b32-30-. The molecule has 1 unspecified atom stereocenters. The molecule has 6 nitrogen and oxygen atoms in total. The molecule has 0 amide bonds. The first-order valence-corrected chi connectivity index (χ1v) is 12.0. The van der Waals surface area contributed by atoms with Crippen molar-refractivity contribution < 1.29 is 24.2 Å². The fourth-order valence-corrected chi connectivity index (χ4v) is 3.99. The third-order valence-electron chi connectivity index (χ3n) is 5.88. The highest BCUT2D eigenvalue weighted by Crippen LogP contribution is 2.29. The molecule has 37 heavy (non-hydrogen) atoms. The normalized spacial score (nSPS) is 12.0. The summed E-state index contributed by atoms with van der Waals surface area (Å²) in [6.07, 6.45) is 0.0306. The van der Waals surface area contributed by atoms with E-state index in [9.17, 15) is 9.90 Å². The average Bonchev–Trinajstić information content (AvgIpc) is 2.94. The van der Waals surface area contributed by atoms with Gasteiger partial charge in [0.25, 0.3) is 0 Å². The molecule has 0 heterocycles. The fraction of sp³-hybridized carbons (Fsp3) is 0.161. The second kappa shape index (κ2) is 12.9. The van der Waals surface area contributed by atoms with Gasteiger partial charge in [-0.05, 0) is 41.0 Å². The summed E-state index contributed by atoms with van der Waals surface area (Å²) < 4.78 is 11.8. The number of ether oxygens (including phenoxy) is 2. The third-order valence-corrected chi connectivity index (χ3v) is 5.88. The highest BCUT2D eigenvalue weighted by Gasteiger charge is 2.17. The van der Waals surface area contributed by atoms with Crippen LogP contribution in [0.25, 0.3) is 0 Å². The number of carboxylic acid groups (broad SMARTS) is 1. The van der Waals surface area contributed by atoms with Gasteiger partial charge in [0.15, 0.2) is 0 Å². The van der Waals surface area contributed by atoms with Gasteiger partial charge in [-0.1, -0.05) is 90.1 Å². The molecule has 0 bridgehead atoms. The van der Waals surface area contributed by atoms with Gasteiger partial charge >= 0.3 is 5.97 Å². The molecule has 0 aliphatic heterocycles. The van der Waals surface area contributed by atoms with E-state index in [0.29, 0.717) is 12.3 Å². The average molecular weight is 496 g/mol. The van der Waals surface area contributed by atoms with Crippen molar-refractivity contribution in [1.82, 2.24) is 0 Å². The van der Waals surface area contributed by atoms with E-state index in [1.807, 2.05) is 109 Å². The molecule has 0 radical (unpaired) electrons. The van der Waals surface area contributed by atoms with Gasteiger partial charge in [-0.25, -0.2) is 0 Å². The van der Waals surface area contributed by atoms with Crippen LogP contribution in [0.3, 0.4) is 0 Å². The summed E-state index contributed by atoms with van der Waals surface area (Å²) >= 11 is 0. The molecule has 188 valence electrons. The predicted molar refractivity (Wildman–Crippen MR) is 143 cm³/mol. The molecule has 0 aromatic heterocycles. The molecule has 0 saturated heterocycles. The minimum absolute atomic E-state index is 0.0306. The van der Waals surface area contributed by atoms with Crippen LogP contribution in [0.2, 0.25) is 0 Å². The van der Waals surface area contributed by atoms with Crippen LogP contribution in [0.15, 0.2) is 114 Å². The Balaban J connectivity index is 1.33. The highest BCUT2D eigenvalue weighted by molar-refractivity contribution is 6.01. The number of rotatable bonds is 12. The van der Waals surface area contributed by atoms with Crippen molar-refractivity contribution in [3.8, 4) is 11.5 Å². The van der Waals surface area contributed by atoms with Crippen molar-refractivity contribution in [3.05, 3.63) is 131 Å². The van der Waals surface area contributed by atoms with Crippen LogP contribution < -0.4 is 9.47 Å². The maximum atomic E-state index is 11.4. The van der Waals surface area contributed by atoms with Crippen molar-refractivity contribution >= 4 is 11.7 Å². The molecule has 1 N–H and O–H groups in total. The van der Waals surface area contributed by atoms with Gasteiger partial charge in [0.2, 0.25) is 0 Å². The van der Waals surface area contributed by atoms with Crippen LogP contribution in [-0.4, -0.2) is 30.5 Å². The molecule has 0 fully saturated rings. The Morgan fingerprint density at radius 3 is 1.95 bits per heavy atom. The summed E-state index contributed by atoms with van der Waals surface area (Å²) in [6.45, 7) is 0.684. The Hall–Kier alpha value is -4.58. The maximum absolute atomic E-state index is 11.4. The van der Waals surface area contributed by atoms with Crippen molar-refractivity contribution in [2.75, 3.05) is 13.7 Å². The number of benzene rings is 4. The van der Waals surface area contributed by atoms with E-state index in [1.54, 1.807) is 0 Å². The van der Waals surface area contributed by atoms with E-state index in [2.05, 4.69) is 5.16 Å². The summed E-state index contributed by atoms with van der Waals surface area (Å²) in [4.78, 5) is 16.4. The Kier molecular flexibility index (Phi) is 8.92. The predicted octanol–water partition coefficient (Wildman–Crippen LogP) is 6.30. The van der Waals surface area contributed by atoms with Crippen LogP contribution in [0, 0.1) is 0 Å². The zero-order chi connectivity index (χ0) is 25.9. The summed E-state index contributed by atoms with van der Waals surface area (Å²) in [5, 5.41) is 13.5. The maximum Gasteiger partial charge on any atom is 0.304 e. The molecule has 0 spiro atoms. The molecule has 0 aliphatic rings. The summed E-state index contributed by atoms with van der Waals surface area (Å²) in [5.41, 5.74) is 4.56. The number of carbonyl (C=O) groups is 1. The van der Waals surface area contributed by atoms with Gasteiger partial charge in [0, 0.05) is 11.5 Å². The first kappa shape index (κ1) is 25.5. The lowest BCUT2D eigenvalue weighted by molar-refractivity contribution is -0.137. The number of nitrogens with zero attached hydrogens (tertiary/aromatic N) is 1. The first-order chi connectivity index (χ1) is 18.1. The Labute approximate surface area is 216 Å². The van der Waals surface area contributed by atoms with Crippen molar-refractivity contribution in [2.24, 2.45) is 5.16 Å². The first-order valence-electron chi connectivity index (χ1n) is 12.0. The summed E-state index contributed by atoms with van der Waals surface area (Å²) in [6, 6.07) is 34.8. The molecule has 4 aromatic carbocycles. The second-order valence-electron chi connectivity index (χ2n) is 8.44. The van der Waals surface area contributed by atoms with E-state index >= 15 is 0 Å². The summed E-state index contributed by atoms with van der Waals surface area (Å²) in [7, 11) is 1.52. The quantitative estimate of drug-likeness (QED) is 0.184. The molecule has 0 saturated carbocycles. The topological polar surface area (TPSA) is 77.3 Å². The minimum Gasteiger partial charge on any atom is -0.489 e. The molecule has 0 aliphatic carbocycles. The third kappa shape index (κ3) is 7.45. The van der Waals surface area contributed by atoms with Gasteiger partial charge in [-0.2, -0.15) is 0 Å². The van der Waals surface area contributed by atoms with E-state index in [-0.39, 0.29) is 18.9 Å². The van der Waals surface area contributed by atoms with Crippen LogP contribution in [0.4, 0.5) is 0 Å². The van der Waals surface area contributed by atoms with Crippen molar-refractivity contribution in [1.29, 1.82) is 0 Å². The van der Waals surface area contributed by atoms with Crippen LogP contribution in [0.5, 0.6) is 11.5 Å². The Morgan fingerprint density at radius 1 is 0.757 bits per heavy atom. The van der Waals surface area contributed by atoms with Crippen LogP contribution >= 0.6 is 0 Å². The number of hydrogen-bond acceptors (Lipinski definition) is 5. The van der Waals surface area contributed by atoms with Gasteiger partial charge in [-0.15, -0.1) is 0 Å². The van der Waals surface area contributed by atoms with E-state index in [1.165, 1.54) is 7.11 Å². The second-order valence-corrected chi connectivity index (χ2v) is 8.44. The van der Waals surface area contributed by atoms with Gasteiger partial charge in [-0.3, -0.25) is 4.79 Å². The zero-order valence-corrected chi connectivity index (χ0v) is 20.6. The molecule has 1 atom stereocenters. The number of carboxylic acids is 1. The van der Waals surface area contributed by atoms with E-state index in [0.717, 1.165) is 33.8 Å². The SMILES string of the molecule is CO/N=C(/COc1ccc(COc2ccc(C(CC(=O)O)c3ccccc3)cc2)cc1)c1ccccc1. The highest BCUT2D eigenvalue weighted by atomic mass is 16.6. The largest absolute Gasteiger partial charge is 0.489 e. The number of aliphatic carboxylic acids is 1. The van der Waals surface area contributed by atoms with Gasteiger partial charge in [0.05, 0.1) is 6.42 Å². The smallest absolute Gasteiger partial charge is 0.304 e. The number of hydrogen-bond donors (Lipinski definition) is 1. The van der Waals surface area contributed by atoms with Crippen LogP contribution in [-0.2, 0) is 16.2 Å². The summed E-state index contributed by atoms with van der Waals surface area (Å²) in [5.74, 6) is 0.397. The van der Waals surface area contributed by atoms with Crippen LogP contribution in [0.1, 0.15) is 34.6 Å². The fourth-order valence-electron chi connectivity index (χ4n) is 3.99. The van der Waals surface area contributed by atoms with Crippen molar-refractivity contribution in [3.63, 3.8) is 0 Å². The van der Waals surface area contributed by atoms with Crippen molar-refractivity contribution in [2.45, 2.75) is 18.9 Å². The molecular formula is C31H29NO5. The minimum atomic E-state index is -0.830. The van der Waals surface area contributed by atoms with Gasteiger partial charge in [0.1, 0.15) is 37.5 Å². The molecule has 6 heteroatoms. The molecule has 4 aromatic rings. The zero-order valence-electron chi connectivity index (χ0n) is 20.6. The lowest BCUT2D eigenvalue weighted by Crippen LogP contribution is -2.13.